The lowest BCUT2D eigenvalue weighted by Gasteiger charge is -2.29. The van der Waals surface area contributed by atoms with Gasteiger partial charge in [0, 0.05) is 11.9 Å². The van der Waals surface area contributed by atoms with Crippen LogP contribution in [0.25, 0.3) is 10.9 Å². The van der Waals surface area contributed by atoms with Gasteiger partial charge in [-0.25, -0.2) is 0 Å². The molecule has 2 heterocycles. The van der Waals surface area contributed by atoms with Crippen molar-refractivity contribution in [2.45, 2.75) is 31.7 Å². The molecule has 4 heteroatoms. The molecule has 0 spiro atoms. The molecule has 2 aromatic rings. The molecule has 1 aromatic carbocycles. The third kappa shape index (κ3) is 2.10. The summed E-state index contributed by atoms with van der Waals surface area (Å²) in [5.74, 6) is 0. The van der Waals surface area contributed by atoms with Gasteiger partial charge in [0.1, 0.15) is 5.00 Å². The molecule has 0 aliphatic carbocycles. The summed E-state index contributed by atoms with van der Waals surface area (Å²) in [7, 11) is 0. The molecule has 1 N–H and O–H groups in total. The van der Waals surface area contributed by atoms with E-state index in [2.05, 4.69) is 27.5 Å². The number of hydrogen-bond donors (Lipinski definition) is 1. The SMILES string of the molecule is OCC1CCCCCN1c1snc2ccccc12. The van der Waals surface area contributed by atoms with Crippen molar-refractivity contribution < 1.29 is 5.11 Å². The van der Waals surface area contributed by atoms with Gasteiger partial charge in [0.05, 0.1) is 18.2 Å². The van der Waals surface area contributed by atoms with Crippen molar-refractivity contribution >= 4 is 27.4 Å². The van der Waals surface area contributed by atoms with Crippen molar-refractivity contribution in [1.29, 1.82) is 0 Å². The lowest BCUT2D eigenvalue weighted by Crippen LogP contribution is -2.37. The number of aliphatic hydroxyl groups excluding tert-OH is 1. The Kier molecular flexibility index (Phi) is 3.48. The van der Waals surface area contributed by atoms with Crippen LogP contribution in [0.1, 0.15) is 25.7 Å². The molecule has 0 amide bonds. The highest BCUT2D eigenvalue weighted by Gasteiger charge is 2.23. The molecule has 18 heavy (non-hydrogen) atoms. The fraction of sp³-hybridized carbons (Fsp3) is 0.500. The molecular formula is C14H18N2OS. The third-order valence-corrected chi connectivity index (χ3v) is 4.63. The van der Waals surface area contributed by atoms with Crippen LogP contribution in [0.2, 0.25) is 0 Å². The number of fused-ring (bicyclic) bond motifs is 1. The Morgan fingerprint density at radius 3 is 3.06 bits per heavy atom. The summed E-state index contributed by atoms with van der Waals surface area (Å²) in [6.07, 6.45) is 4.79. The first-order valence-electron chi connectivity index (χ1n) is 6.62. The molecule has 3 nitrogen and oxygen atoms in total. The number of hydrogen-bond acceptors (Lipinski definition) is 4. The van der Waals surface area contributed by atoms with Crippen LogP contribution in [0.4, 0.5) is 5.00 Å². The fourth-order valence-corrected chi connectivity index (χ4v) is 3.68. The van der Waals surface area contributed by atoms with Crippen molar-refractivity contribution in [3.63, 3.8) is 0 Å². The van der Waals surface area contributed by atoms with E-state index < -0.39 is 0 Å². The smallest absolute Gasteiger partial charge is 0.120 e. The molecule has 1 saturated heterocycles. The summed E-state index contributed by atoms with van der Waals surface area (Å²) in [4.78, 5) is 2.37. The van der Waals surface area contributed by atoms with Gasteiger partial charge in [0.15, 0.2) is 0 Å². The van der Waals surface area contributed by atoms with E-state index >= 15 is 0 Å². The molecule has 0 radical (unpaired) electrons. The van der Waals surface area contributed by atoms with Crippen LogP contribution in [-0.4, -0.2) is 28.7 Å². The van der Waals surface area contributed by atoms with Crippen LogP contribution >= 0.6 is 11.5 Å². The largest absolute Gasteiger partial charge is 0.394 e. The second kappa shape index (κ2) is 5.24. The van der Waals surface area contributed by atoms with Crippen molar-refractivity contribution in [3.8, 4) is 0 Å². The quantitative estimate of drug-likeness (QED) is 0.903. The normalized spacial score (nSPS) is 21.2. The Hall–Kier alpha value is -1.13. The van der Waals surface area contributed by atoms with Gasteiger partial charge < -0.3 is 10.0 Å². The van der Waals surface area contributed by atoms with E-state index in [1.807, 2.05) is 6.07 Å². The predicted octanol–water partition coefficient (Wildman–Crippen LogP) is 3.04. The van der Waals surface area contributed by atoms with Crippen molar-refractivity contribution in [1.82, 2.24) is 4.37 Å². The highest BCUT2D eigenvalue weighted by molar-refractivity contribution is 7.11. The molecule has 0 saturated carbocycles. The van der Waals surface area contributed by atoms with E-state index in [1.165, 1.54) is 29.6 Å². The maximum atomic E-state index is 9.60. The van der Waals surface area contributed by atoms with E-state index in [0.717, 1.165) is 18.5 Å². The standard InChI is InChI=1S/C14H18N2OS/c17-10-11-6-2-1-5-9-16(11)14-12-7-3-4-8-13(12)15-18-14/h3-4,7-8,11,17H,1-2,5-6,9-10H2. The van der Waals surface area contributed by atoms with Gasteiger partial charge in [-0.15, -0.1) is 0 Å². The molecule has 1 atom stereocenters. The molecule has 96 valence electrons. The van der Waals surface area contributed by atoms with Crippen LogP contribution in [0, 0.1) is 0 Å². The number of nitrogens with zero attached hydrogens (tertiary/aromatic N) is 2. The minimum atomic E-state index is 0.242. The summed E-state index contributed by atoms with van der Waals surface area (Å²) in [5, 5.41) is 12.1. The Morgan fingerprint density at radius 1 is 1.28 bits per heavy atom. The van der Waals surface area contributed by atoms with Crippen LogP contribution < -0.4 is 4.90 Å². The van der Waals surface area contributed by atoms with Gasteiger partial charge in [0.25, 0.3) is 0 Å². The lowest BCUT2D eigenvalue weighted by molar-refractivity contribution is 0.255. The summed E-state index contributed by atoms with van der Waals surface area (Å²) >= 11 is 1.56. The number of benzene rings is 1. The van der Waals surface area contributed by atoms with Gasteiger partial charge in [-0.2, -0.15) is 4.37 Å². The molecule has 1 aliphatic heterocycles. The van der Waals surface area contributed by atoms with E-state index in [1.54, 1.807) is 11.5 Å². The first kappa shape index (κ1) is 11.9. The van der Waals surface area contributed by atoms with Crippen LogP contribution in [0.5, 0.6) is 0 Å². The molecule has 0 bridgehead atoms. The van der Waals surface area contributed by atoms with Crippen LogP contribution in [0.3, 0.4) is 0 Å². The topological polar surface area (TPSA) is 36.4 Å². The zero-order valence-corrected chi connectivity index (χ0v) is 11.2. The highest BCUT2D eigenvalue weighted by Crippen LogP contribution is 2.34. The minimum Gasteiger partial charge on any atom is -0.394 e. The zero-order valence-electron chi connectivity index (χ0n) is 10.4. The highest BCUT2D eigenvalue weighted by atomic mass is 32.1. The van der Waals surface area contributed by atoms with Crippen molar-refractivity contribution in [3.05, 3.63) is 24.3 Å². The average Bonchev–Trinajstić information content (AvgIpc) is 2.69. The summed E-state index contributed by atoms with van der Waals surface area (Å²) in [5.41, 5.74) is 1.07. The van der Waals surface area contributed by atoms with Crippen molar-refractivity contribution in [2.75, 3.05) is 18.1 Å². The minimum absolute atomic E-state index is 0.242. The maximum absolute atomic E-state index is 9.60. The number of anilines is 1. The third-order valence-electron chi connectivity index (χ3n) is 3.71. The monoisotopic (exact) mass is 262 g/mol. The van der Waals surface area contributed by atoms with E-state index in [-0.39, 0.29) is 12.6 Å². The summed E-state index contributed by atoms with van der Waals surface area (Å²) in [6.45, 7) is 1.28. The van der Waals surface area contributed by atoms with Gasteiger partial charge in [-0.1, -0.05) is 25.0 Å². The van der Waals surface area contributed by atoms with Crippen LogP contribution in [-0.2, 0) is 0 Å². The Bertz CT molecular complexity index is 525. The lowest BCUT2D eigenvalue weighted by atomic mass is 10.1. The van der Waals surface area contributed by atoms with E-state index in [9.17, 15) is 5.11 Å². The number of aromatic nitrogens is 1. The van der Waals surface area contributed by atoms with Crippen molar-refractivity contribution in [2.24, 2.45) is 0 Å². The predicted molar refractivity (Wildman–Crippen MR) is 76.3 cm³/mol. The van der Waals surface area contributed by atoms with Gasteiger partial charge in [-0.05, 0) is 36.5 Å². The maximum Gasteiger partial charge on any atom is 0.120 e. The number of rotatable bonds is 2. The van der Waals surface area contributed by atoms with Gasteiger partial charge in [-0.3, -0.25) is 0 Å². The molecule has 1 aliphatic rings. The van der Waals surface area contributed by atoms with Gasteiger partial charge >= 0.3 is 0 Å². The molecule has 1 unspecified atom stereocenters. The summed E-state index contributed by atoms with van der Waals surface area (Å²) in [6, 6.07) is 8.54. The zero-order chi connectivity index (χ0) is 12.4. The van der Waals surface area contributed by atoms with Gasteiger partial charge in [0.2, 0.25) is 0 Å². The molecular weight excluding hydrogens is 244 g/mol. The Labute approximate surface area is 111 Å². The van der Waals surface area contributed by atoms with E-state index in [0.29, 0.717) is 0 Å². The average molecular weight is 262 g/mol. The molecule has 3 rings (SSSR count). The summed E-state index contributed by atoms with van der Waals surface area (Å²) < 4.78 is 4.51. The second-order valence-corrected chi connectivity index (χ2v) is 5.64. The fourth-order valence-electron chi connectivity index (χ4n) is 2.72. The van der Waals surface area contributed by atoms with E-state index in [4.69, 9.17) is 0 Å². The second-order valence-electron chi connectivity index (χ2n) is 4.88. The van der Waals surface area contributed by atoms with Crippen LogP contribution in [0.15, 0.2) is 24.3 Å². The first-order valence-corrected chi connectivity index (χ1v) is 7.39. The number of aliphatic hydroxyl groups is 1. The molecule has 1 fully saturated rings. The Morgan fingerprint density at radius 2 is 2.17 bits per heavy atom. The Balaban J connectivity index is 2.00. The first-order chi connectivity index (χ1) is 8.90. The molecule has 1 aromatic heterocycles.